The van der Waals surface area contributed by atoms with E-state index in [1.54, 1.807) is 11.8 Å². The van der Waals surface area contributed by atoms with Gasteiger partial charge in [-0.25, -0.2) is 0 Å². The van der Waals surface area contributed by atoms with Gasteiger partial charge >= 0.3 is 11.9 Å². The molecule has 1 saturated heterocycles. The third-order valence-electron chi connectivity index (χ3n) is 2.61. The predicted molar refractivity (Wildman–Crippen MR) is 69.8 cm³/mol. The van der Waals surface area contributed by atoms with Crippen LogP contribution in [0.4, 0.5) is 0 Å². The van der Waals surface area contributed by atoms with E-state index < -0.39 is 24.5 Å². The van der Waals surface area contributed by atoms with E-state index in [4.69, 9.17) is 18.9 Å². The van der Waals surface area contributed by atoms with Crippen molar-refractivity contribution in [2.24, 2.45) is 0 Å². The van der Waals surface area contributed by atoms with Crippen LogP contribution in [0, 0.1) is 0 Å². The molecular formula is C12H20O6S. The predicted octanol–water partition coefficient (Wildman–Crippen LogP) is 0.974. The van der Waals surface area contributed by atoms with E-state index in [1.807, 2.05) is 6.92 Å². The Balaban J connectivity index is 2.76. The maximum Gasteiger partial charge on any atom is 0.303 e. The molecule has 6 nitrogen and oxygen atoms in total. The molecule has 1 aliphatic heterocycles. The number of hydrogen-bond donors (Lipinski definition) is 0. The van der Waals surface area contributed by atoms with Crippen molar-refractivity contribution in [3.05, 3.63) is 0 Å². The lowest BCUT2D eigenvalue weighted by molar-refractivity contribution is -0.161. The number of carbonyl (C=O) groups is 2. The van der Waals surface area contributed by atoms with Gasteiger partial charge in [-0.05, 0) is 5.75 Å². The standard InChI is InChI=1S/C12H20O6S/c1-5-19-11-10(17-8(3)14)9(6-16-7(2)13)18-12(11)15-4/h9-12H,5-6H2,1-4H3/t9-,10-,11+,12-/m1/s1. The Morgan fingerprint density at radius 2 is 1.95 bits per heavy atom. The van der Waals surface area contributed by atoms with E-state index in [-0.39, 0.29) is 17.8 Å². The molecule has 19 heavy (non-hydrogen) atoms. The highest BCUT2D eigenvalue weighted by molar-refractivity contribution is 8.00. The van der Waals surface area contributed by atoms with E-state index in [1.165, 1.54) is 21.0 Å². The van der Waals surface area contributed by atoms with Crippen LogP contribution in [-0.4, -0.2) is 55.2 Å². The number of carbonyl (C=O) groups excluding carboxylic acids is 2. The molecule has 1 fully saturated rings. The summed E-state index contributed by atoms with van der Waals surface area (Å²) >= 11 is 1.59. The van der Waals surface area contributed by atoms with E-state index in [9.17, 15) is 9.59 Å². The lowest BCUT2D eigenvalue weighted by Crippen LogP contribution is -2.37. The molecule has 0 aromatic rings. The molecule has 0 radical (unpaired) electrons. The first-order valence-electron chi connectivity index (χ1n) is 6.10. The highest BCUT2D eigenvalue weighted by Crippen LogP contribution is 2.33. The van der Waals surface area contributed by atoms with E-state index in [2.05, 4.69) is 0 Å². The van der Waals surface area contributed by atoms with Crippen LogP contribution in [-0.2, 0) is 28.5 Å². The fraction of sp³-hybridized carbons (Fsp3) is 0.833. The van der Waals surface area contributed by atoms with Crippen LogP contribution in [0.1, 0.15) is 20.8 Å². The molecular weight excluding hydrogens is 272 g/mol. The molecule has 0 spiro atoms. The van der Waals surface area contributed by atoms with Crippen LogP contribution in [0.2, 0.25) is 0 Å². The number of methoxy groups -OCH3 is 1. The summed E-state index contributed by atoms with van der Waals surface area (Å²) < 4.78 is 21.1. The van der Waals surface area contributed by atoms with E-state index in [0.29, 0.717) is 0 Å². The molecule has 7 heteroatoms. The number of rotatable bonds is 6. The summed E-state index contributed by atoms with van der Waals surface area (Å²) in [6, 6.07) is 0. The van der Waals surface area contributed by atoms with Gasteiger partial charge in [-0.2, -0.15) is 0 Å². The first kappa shape index (κ1) is 16.3. The average Bonchev–Trinajstić information content (AvgIpc) is 2.65. The Bertz CT molecular complexity index is 321. The van der Waals surface area contributed by atoms with Crippen molar-refractivity contribution in [3.63, 3.8) is 0 Å². The number of esters is 2. The monoisotopic (exact) mass is 292 g/mol. The maximum absolute atomic E-state index is 11.2. The van der Waals surface area contributed by atoms with Crippen molar-refractivity contribution in [1.82, 2.24) is 0 Å². The highest BCUT2D eigenvalue weighted by Gasteiger charge is 2.47. The Morgan fingerprint density at radius 3 is 2.42 bits per heavy atom. The third kappa shape index (κ3) is 4.67. The van der Waals surface area contributed by atoms with Gasteiger partial charge in [-0.15, -0.1) is 11.8 Å². The van der Waals surface area contributed by atoms with Crippen molar-refractivity contribution in [2.45, 2.75) is 44.5 Å². The fourth-order valence-electron chi connectivity index (χ4n) is 1.92. The Kier molecular flexibility index (Phi) is 6.60. The van der Waals surface area contributed by atoms with Crippen LogP contribution in [0.5, 0.6) is 0 Å². The van der Waals surface area contributed by atoms with Crippen molar-refractivity contribution >= 4 is 23.7 Å². The summed E-state index contributed by atoms with van der Waals surface area (Å²) in [5, 5.41) is -0.126. The number of ether oxygens (including phenoxy) is 4. The van der Waals surface area contributed by atoms with Crippen LogP contribution < -0.4 is 0 Å². The second-order valence-corrected chi connectivity index (χ2v) is 5.53. The van der Waals surface area contributed by atoms with Crippen LogP contribution in [0.25, 0.3) is 0 Å². The Hall–Kier alpha value is -0.790. The first-order valence-corrected chi connectivity index (χ1v) is 7.14. The van der Waals surface area contributed by atoms with Crippen molar-refractivity contribution in [3.8, 4) is 0 Å². The minimum Gasteiger partial charge on any atom is -0.463 e. The van der Waals surface area contributed by atoms with Gasteiger partial charge in [0.2, 0.25) is 0 Å². The molecule has 0 aromatic carbocycles. The van der Waals surface area contributed by atoms with Crippen LogP contribution >= 0.6 is 11.8 Å². The Morgan fingerprint density at radius 1 is 1.26 bits per heavy atom. The molecule has 0 amide bonds. The summed E-state index contributed by atoms with van der Waals surface area (Å²) in [6.07, 6.45) is -1.46. The molecule has 1 aliphatic rings. The molecule has 110 valence electrons. The van der Waals surface area contributed by atoms with Gasteiger partial charge in [0, 0.05) is 21.0 Å². The van der Waals surface area contributed by atoms with Gasteiger partial charge < -0.3 is 18.9 Å². The Labute approximate surface area is 117 Å². The van der Waals surface area contributed by atoms with Gasteiger partial charge in [0.15, 0.2) is 6.29 Å². The van der Waals surface area contributed by atoms with Gasteiger partial charge in [0.1, 0.15) is 18.8 Å². The molecule has 0 aromatic heterocycles. The minimum atomic E-state index is -0.498. The van der Waals surface area contributed by atoms with Crippen molar-refractivity contribution < 1.29 is 28.5 Å². The molecule has 0 unspecified atom stereocenters. The fourth-order valence-corrected chi connectivity index (χ4v) is 3.06. The first-order chi connectivity index (χ1) is 8.99. The maximum atomic E-state index is 11.2. The summed E-state index contributed by atoms with van der Waals surface area (Å²) in [6.45, 7) is 4.72. The SMILES string of the molecule is CCS[C@@H]1[C@H](OC)O[C@H](COC(C)=O)[C@H]1OC(C)=O. The second-order valence-electron chi connectivity index (χ2n) is 4.08. The highest BCUT2D eigenvalue weighted by atomic mass is 32.2. The average molecular weight is 292 g/mol. The zero-order valence-electron chi connectivity index (χ0n) is 11.6. The quantitative estimate of drug-likeness (QED) is 0.676. The van der Waals surface area contributed by atoms with Gasteiger partial charge in [-0.1, -0.05) is 6.92 Å². The normalized spacial score (nSPS) is 30.1. The lowest BCUT2D eigenvalue weighted by Gasteiger charge is -2.22. The van der Waals surface area contributed by atoms with Gasteiger partial charge in [0.05, 0.1) is 5.25 Å². The largest absolute Gasteiger partial charge is 0.463 e. The van der Waals surface area contributed by atoms with E-state index in [0.717, 1.165) is 5.75 Å². The van der Waals surface area contributed by atoms with Crippen LogP contribution in [0.15, 0.2) is 0 Å². The van der Waals surface area contributed by atoms with E-state index >= 15 is 0 Å². The molecule has 1 rings (SSSR count). The minimum absolute atomic E-state index is 0.0495. The number of hydrogen-bond acceptors (Lipinski definition) is 7. The summed E-state index contributed by atoms with van der Waals surface area (Å²) in [5.74, 6) is 0.0528. The zero-order valence-corrected chi connectivity index (χ0v) is 12.4. The van der Waals surface area contributed by atoms with Crippen molar-refractivity contribution in [1.29, 1.82) is 0 Å². The van der Waals surface area contributed by atoms with Crippen molar-refractivity contribution in [2.75, 3.05) is 19.5 Å². The molecule has 0 saturated carbocycles. The van der Waals surface area contributed by atoms with Gasteiger partial charge in [-0.3, -0.25) is 9.59 Å². The molecule has 0 N–H and O–H groups in total. The second kappa shape index (κ2) is 7.72. The summed E-state index contributed by atoms with van der Waals surface area (Å²) in [7, 11) is 1.53. The lowest BCUT2D eigenvalue weighted by atomic mass is 10.2. The zero-order chi connectivity index (χ0) is 14.4. The summed E-state index contributed by atoms with van der Waals surface area (Å²) in [5.41, 5.74) is 0. The van der Waals surface area contributed by atoms with Gasteiger partial charge in [0.25, 0.3) is 0 Å². The third-order valence-corrected chi connectivity index (χ3v) is 3.82. The topological polar surface area (TPSA) is 71.1 Å². The summed E-state index contributed by atoms with van der Waals surface area (Å²) in [4.78, 5) is 22.1. The molecule has 1 heterocycles. The molecule has 0 bridgehead atoms. The van der Waals surface area contributed by atoms with Crippen LogP contribution in [0.3, 0.4) is 0 Å². The number of thioether (sulfide) groups is 1. The molecule has 4 atom stereocenters. The molecule has 0 aliphatic carbocycles. The smallest absolute Gasteiger partial charge is 0.303 e.